The third-order valence-electron chi connectivity index (χ3n) is 4.82. The number of hydrogen-bond acceptors (Lipinski definition) is 10. The second-order valence-corrected chi connectivity index (χ2v) is 12.0. The van der Waals surface area contributed by atoms with Crippen LogP contribution in [0.4, 0.5) is 0 Å². The molecule has 0 bridgehead atoms. The van der Waals surface area contributed by atoms with Gasteiger partial charge >= 0.3 is 26.7 Å². The van der Waals surface area contributed by atoms with E-state index in [-0.39, 0.29) is 17.9 Å². The highest BCUT2D eigenvalue weighted by Gasteiger charge is 2.37. The molecule has 0 fully saturated rings. The van der Waals surface area contributed by atoms with Crippen molar-refractivity contribution in [2.24, 2.45) is 0 Å². The molecule has 1 aromatic carbocycles. The Balaban J connectivity index is 0. The summed E-state index contributed by atoms with van der Waals surface area (Å²) >= 11 is 0. The minimum absolute atomic E-state index is 0.312. The van der Waals surface area contributed by atoms with E-state index in [1.165, 1.54) is 0 Å². The summed E-state index contributed by atoms with van der Waals surface area (Å²) in [6.45, 7) is 17.1. The van der Waals surface area contributed by atoms with Gasteiger partial charge in [0.05, 0.1) is 6.61 Å². The van der Waals surface area contributed by atoms with E-state index in [1.807, 2.05) is 49.3 Å². The molecule has 0 radical (unpaired) electrons. The number of hydrogen-bond donors (Lipinski definition) is 0. The molecule has 0 aliphatic carbocycles. The molecule has 11 heteroatoms. The first-order valence-corrected chi connectivity index (χ1v) is 14.5. The lowest BCUT2D eigenvalue weighted by Crippen LogP contribution is -2.42. The van der Waals surface area contributed by atoms with Gasteiger partial charge in [-0.25, -0.2) is 14.4 Å². The number of carbonyl (C=O) groups excluding carboxylic acids is 3. The van der Waals surface area contributed by atoms with Crippen LogP contribution in [0.15, 0.2) is 66.8 Å². The van der Waals surface area contributed by atoms with Gasteiger partial charge in [0.25, 0.3) is 0 Å². The molecular formula is C29H47NO9Si. The summed E-state index contributed by atoms with van der Waals surface area (Å²) in [5.74, 6) is -1.03. The Morgan fingerprint density at radius 2 is 1.15 bits per heavy atom. The molecule has 0 N–H and O–H groups in total. The molecule has 226 valence electrons. The molecule has 0 amide bonds. The average Bonchev–Trinajstić information content (AvgIpc) is 2.93. The van der Waals surface area contributed by atoms with Crippen LogP contribution in [0.1, 0.15) is 32.8 Å². The van der Waals surface area contributed by atoms with Crippen LogP contribution in [0.5, 0.6) is 0 Å². The summed E-state index contributed by atoms with van der Waals surface area (Å²) in [5.41, 5.74) is 2.26. The topological polar surface area (TPSA) is 110 Å². The van der Waals surface area contributed by atoms with E-state index in [4.69, 9.17) is 27.5 Å². The van der Waals surface area contributed by atoms with E-state index in [0.29, 0.717) is 49.0 Å². The van der Waals surface area contributed by atoms with Gasteiger partial charge in [0.1, 0.15) is 13.2 Å². The SMILES string of the molecule is C=C(C)C(=O)OCCC[Si](OC)(OC)OC.C=C(C)C(=O)OCCN(C)C.C=C(C)C(=O)OCc1ccccc1. The van der Waals surface area contributed by atoms with Crippen LogP contribution in [0.25, 0.3) is 0 Å². The minimum Gasteiger partial charge on any atom is -0.462 e. The van der Waals surface area contributed by atoms with Crippen LogP contribution in [0.3, 0.4) is 0 Å². The predicted octanol–water partition coefficient (Wildman–Crippen LogP) is 4.35. The summed E-state index contributed by atoms with van der Waals surface area (Å²) in [5, 5.41) is 0. The fourth-order valence-electron chi connectivity index (χ4n) is 2.42. The first-order valence-electron chi connectivity index (χ1n) is 12.6. The van der Waals surface area contributed by atoms with Crippen LogP contribution in [-0.2, 0) is 48.5 Å². The van der Waals surface area contributed by atoms with E-state index in [0.717, 1.165) is 12.1 Å². The van der Waals surface area contributed by atoms with Gasteiger partial charge in [-0.15, -0.1) is 0 Å². The Kier molecular flexibility index (Phi) is 22.2. The molecule has 0 heterocycles. The molecule has 0 aliphatic rings. The third-order valence-corrected chi connectivity index (χ3v) is 7.66. The fourth-order valence-corrected chi connectivity index (χ4v) is 4.11. The molecule has 0 saturated heterocycles. The molecule has 0 unspecified atom stereocenters. The van der Waals surface area contributed by atoms with Crippen LogP contribution < -0.4 is 0 Å². The van der Waals surface area contributed by atoms with Crippen molar-refractivity contribution >= 4 is 26.7 Å². The third kappa shape index (κ3) is 19.9. The number of benzene rings is 1. The lowest BCUT2D eigenvalue weighted by Gasteiger charge is -2.24. The summed E-state index contributed by atoms with van der Waals surface area (Å²) in [7, 11) is 5.98. The Bertz CT molecular complexity index is 920. The predicted molar refractivity (Wildman–Crippen MR) is 157 cm³/mol. The normalized spacial score (nSPS) is 10.2. The Morgan fingerprint density at radius 1 is 0.725 bits per heavy atom. The number of esters is 3. The smallest absolute Gasteiger partial charge is 0.462 e. The highest BCUT2D eigenvalue weighted by molar-refractivity contribution is 6.60. The van der Waals surface area contributed by atoms with Crippen molar-refractivity contribution in [3.63, 3.8) is 0 Å². The van der Waals surface area contributed by atoms with Gasteiger partial charge in [0, 0.05) is 50.6 Å². The van der Waals surface area contributed by atoms with Gasteiger partial charge in [-0.1, -0.05) is 50.1 Å². The van der Waals surface area contributed by atoms with Crippen molar-refractivity contribution in [1.82, 2.24) is 4.90 Å². The average molecular weight is 582 g/mol. The summed E-state index contributed by atoms with van der Waals surface area (Å²) in [4.78, 5) is 34.8. The minimum atomic E-state index is -2.53. The fraction of sp³-hybridized carbons (Fsp3) is 0.483. The quantitative estimate of drug-likeness (QED) is 0.0975. The molecule has 0 aromatic heterocycles. The monoisotopic (exact) mass is 581 g/mol. The van der Waals surface area contributed by atoms with Gasteiger partial charge in [-0.2, -0.15) is 0 Å². The second kappa shape index (κ2) is 22.7. The Hall–Kier alpha value is -3.09. The number of rotatable bonds is 15. The lowest BCUT2D eigenvalue weighted by molar-refractivity contribution is -0.140. The molecule has 0 saturated carbocycles. The van der Waals surface area contributed by atoms with Crippen LogP contribution in [-0.4, -0.2) is 86.8 Å². The van der Waals surface area contributed by atoms with Crippen molar-refractivity contribution in [3.8, 4) is 0 Å². The zero-order chi connectivity index (χ0) is 31.1. The van der Waals surface area contributed by atoms with E-state index in [2.05, 4.69) is 19.7 Å². The van der Waals surface area contributed by atoms with Crippen molar-refractivity contribution < 1.29 is 41.9 Å². The first-order chi connectivity index (χ1) is 18.7. The van der Waals surface area contributed by atoms with Gasteiger partial charge < -0.3 is 32.4 Å². The second-order valence-electron chi connectivity index (χ2n) is 8.88. The summed E-state index contributed by atoms with van der Waals surface area (Å²) < 4.78 is 30.4. The highest BCUT2D eigenvalue weighted by Crippen LogP contribution is 2.15. The largest absolute Gasteiger partial charge is 0.500 e. The number of ether oxygens (including phenoxy) is 3. The zero-order valence-electron chi connectivity index (χ0n) is 25.4. The van der Waals surface area contributed by atoms with Crippen molar-refractivity contribution in [2.75, 3.05) is 55.2 Å². The molecule has 0 spiro atoms. The zero-order valence-corrected chi connectivity index (χ0v) is 26.4. The van der Waals surface area contributed by atoms with Gasteiger partial charge in [0.15, 0.2) is 0 Å². The summed E-state index contributed by atoms with van der Waals surface area (Å²) in [6, 6.07) is 10.2. The molecule has 10 nitrogen and oxygen atoms in total. The van der Waals surface area contributed by atoms with Crippen molar-refractivity contribution in [2.45, 2.75) is 39.8 Å². The highest BCUT2D eigenvalue weighted by atomic mass is 28.4. The number of likely N-dealkylation sites (N-methyl/N-ethyl adjacent to an activating group) is 1. The van der Waals surface area contributed by atoms with Crippen LogP contribution in [0, 0.1) is 0 Å². The maximum Gasteiger partial charge on any atom is 0.500 e. The van der Waals surface area contributed by atoms with E-state index < -0.39 is 8.80 Å². The Morgan fingerprint density at radius 3 is 1.55 bits per heavy atom. The van der Waals surface area contributed by atoms with E-state index >= 15 is 0 Å². The van der Waals surface area contributed by atoms with E-state index in [9.17, 15) is 14.4 Å². The summed E-state index contributed by atoms with van der Waals surface area (Å²) in [6.07, 6.45) is 0.640. The maximum atomic E-state index is 11.1. The number of nitrogens with zero attached hydrogens (tertiary/aromatic N) is 1. The van der Waals surface area contributed by atoms with Crippen LogP contribution in [0.2, 0.25) is 6.04 Å². The first kappa shape index (κ1) is 39.1. The standard InChI is InChI=1S/C11H12O2.C10H20O5Si.C8H15NO2/c1-9(2)11(12)13-8-10-6-4-3-5-7-10;1-9(2)10(11)15-7-6-8-16(12-3,13-4)14-5;1-7(2)8(10)11-6-5-9(3)4/h3-7H,1,8H2,2H3;1,6-8H2,2-5H3;1,5-6H2,2-4H3. The van der Waals surface area contributed by atoms with Crippen molar-refractivity contribution in [1.29, 1.82) is 0 Å². The van der Waals surface area contributed by atoms with E-state index in [1.54, 1.807) is 42.1 Å². The molecule has 0 aliphatic heterocycles. The molecule has 1 aromatic rings. The van der Waals surface area contributed by atoms with Gasteiger partial charge in [0.2, 0.25) is 0 Å². The molecular weight excluding hydrogens is 534 g/mol. The maximum absolute atomic E-state index is 11.1. The molecule has 40 heavy (non-hydrogen) atoms. The van der Waals surface area contributed by atoms with Gasteiger partial charge in [-0.05, 0) is 46.9 Å². The number of carbonyl (C=O) groups is 3. The van der Waals surface area contributed by atoms with Gasteiger partial charge in [-0.3, -0.25) is 0 Å². The lowest BCUT2D eigenvalue weighted by atomic mass is 10.2. The molecule has 1 rings (SSSR count). The van der Waals surface area contributed by atoms with Crippen molar-refractivity contribution in [3.05, 3.63) is 72.4 Å². The van der Waals surface area contributed by atoms with Crippen LogP contribution >= 0.6 is 0 Å². The Labute approximate surface area is 240 Å². The molecule has 0 atom stereocenters.